The Morgan fingerprint density at radius 1 is 1.05 bits per heavy atom. The standard InChI is InChI=1S/C29H35N5O.2ClH/c1-5-6-9-26-19-34(28-10-7-8-21(2)22(28)3)29(35)20-32(26)18-27-16-31-23(4)33(27)17-25-13-11-24(15-30)12-14-25;;/h7-8,10-14,16,26H,5-6,9,17-20H2,1-4H3;2*1H. The minimum atomic E-state index is 0. The summed E-state index contributed by atoms with van der Waals surface area (Å²) >= 11 is 0. The summed E-state index contributed by atoms with van der Waals surface area (Å²) in [6.07, 6.45) is 5.28. The van der Waals surface area contributed by atoms with Crippen LogP contribution >= 0.6 is 24.8 Å². The summed E-state index contributed by atoms with van der Waals surface area (Å²) in [5, 5.41) is 9.08. The van der Waals surface area contributed by atoms with Crippen molar-refractivity contribution in [2.75, 3.05) is 18.0 Å². The lowest BCUT2D eigenvalue weighted by Crippen LogP contribution is -2.56. The van der Waals surface area contributed by atoms with Crippen molar-refractivity contribution in [3.05, 3.63) is 82.4 Å². The zero-order valence-corrected chi connectivity index (χ0v) is 23.7. The van der Waals surface area contributed by atoms with Crippen LogP contribution in [0, 0.1) is 32.1 Å². The van der Waals surface area contributed by atoms with Gasteiger partial charge in [0.05, 0.1) is 23.9 Å². The lowest BCUT2D eigenvalue weighted by molar-refractivity contribution is -0.122. The molecule has 3 aromatic rings. The molecule has 4 rings (SSSR count). The lowest BCUT2D eigenvalue weighted by Gasteiger charge is -2.41. The Bertz CT molecular complexity index is 1230. The van der Waals surface area contributed by atoms with Gasteiger partial charge in [0.2, 0.25) is 5.91 Å². The first-order valence-electron chi connectivity index (χ1n) is 12.5. The third-order valence-electron chi connectivity index (χ3n) is 7.23. The molecule has 1 amide bonds. The van der Waals surface area contributed by atoms with Gasteiger partial charge in [0.15, 0.2) is 0 Å². The Labute approximate surface area is 233 Å². The number of aryl methyl sites for hydroxylation is 2. The van der Waals surface area contributed by atoms with E-state index in [4.69, 9.17) is 5.26 Å². The predicted octanol–water partition coefficient (Wildman–Crippen LogP) is 5.98. The summed E-state index contributed by atoms with van der Waals surface area (Å²) in [4.78, 5) is 22.3. The summed E-state index contributed by atoms with van der Waals surface area (Å²) < 4.78 is 2.22. The van der Waals surface area contributed by atoms with Crippen LogP contribution in [0.2, 0.25) is 0 Å². The van der Waals surface area contributed by atoms with Crippen LogP contribution in [0.25, 0.3) is 0 Å². The van der Waals surface area contributed by atoms with Gasteiger partial charge in [0.1, 0.15) is 5.82 Å². The molecule has 1 aliphatic heterocycles. The van der Waals surface area contributed by atoms with Gasteiger partial charge >= 0.3 is 0 Å². The average Bonchev–Trinajstić information content (AvgIpc) is 3.19. The number of rotatable bonds is 8. The smallest absolute Gasteiger partial charge is 0.241 e. The fourth-order valence-electron chi connectivity index (χ4n) is 4.91. The Kier molecular flexibility index (Phi) is 11.2. The average molecular weight is 543 g/mol. The fraction of sp³-hybridized carbons (Fsp3) is 0.414. The number of carbonyl (C=O) groups excluding carboxylic acids is 1. The number of hydrogen-bond acceptors (Lipinski definition) is 4. The molecule has 0 radical (unpaired) electrons. The van der Waals surface area contributed by atoms with Crippen molar-refractivity contribution in [1.29, 1.82) is 5.26 Å². The number of nitriles is 1. The second-order valence-electron chi connectivity index (χ2n) is 9.62. The molecule has 0 bridgehead atoms. The number of amides is 1. The second kappa shape index (κ2) is 13.6. The Hall–Kier alpha value is -2.85. The number of carbonyl (C=O) groups is 1. The van der Waals surface area contributed by atoms with Crippen molar-refractivity contribution in [3.8, 4) is 6.07 Å². The highest BCUT2D eigenvalue weighted by Gasteiger charge is 2.33. The fourth-order valence-corrected chi connectivity index (χ4v) is 4.91. The van der Waals surface area contributed by atoms with E-state index in [0.29, 0.717) is 37.8 Å². The monoisotopic (exact) mass is 541 g/mol. The molecule has 1 fully saturated rings. The van der Waals surface area contributed by atoms with Crippen LogP contribution in [0.5, 0.6) is 0 Å². The molecular formula is C29H37Cl2N5O. The molecule has 0 N–H and O–H groups in total. The molecule has 1 aromatic heterocycles. The van der Waals surface area contributed by atoms with Crippen LogP contribution < -0.4 is 4.90 Å². The van der Waals surface area contributed by atoms with Gasteiger partial charge in [-0.05, 0) is 62.1 Å². The van der Waals surface area contributed by atoms with Crippen LogP contribution in [-0.4, -0.2) is 39.5 Å². The van der Waals surface area contributed by atoms with Gasteiger partial charge in [-0.2, -0.15) is 5.26 Å². The molecule has 198 valence electrons. The van der Waals surface area contributed by atoms with E-state index in [-0.39, 0.29) is 30.7 Å². The van der Waals surface area contributed by atoms with Gasteiger partial charge in [0, 0.05) is 37.6 Å². The number of unbranched alkanes of at least 4 members (excludes halogenated alkanes) is 1. The van der Waals surface area contributed by atoms with Crippen molar-refractivity contribution >= 4 is 36.4 Å². The van der Waals surface area contributed by atoms with Gasteiger partial charge in [-0.3, -0.25) is 9.69 Å². The highest BCUT2D eigenvalue weighted by molar-refractivity contribution is 5.96. The zero-order valence-electron chi connectivity index (χ0n) is 22.1. The molecule has 1 aliphatic rings. The zero-order chi connectivity index (χ0) is 24.9. The SMILES string of the molecule is CCCCC1CN(c2cccc(C)c2C)C(=O)CN1Cc1cnc(C)n1Cc1ccc(C#N)cc1.Cl.Cl. The third kappa shape index (κ3) is 6.93. The largest absolute Gasteiger partial charge is 0.327 e. The Morgan fingerprint density at radius 2 is 1.78 bits per heavy atom. The number of imidazole rings is 1. The number of nitrogens with zero attached hydrogens (tertiary/aromatic N) is 5. The number of anilines is 1. The topological polar surface area (TPSA) is 65.2 Å². The molecule has 0 aliphatic carbocycles. The first-order chi connectivity index (χ1) is 16.9. The number of aromatic nitrogens is 2. The highest BCUT2D eigenvalue weighted by Crippen LogP contribution is 2.28. The first-order valence-corrected chi connectivity index (χ1v) is 12.5. The van der Waals surface area contributed by atoms with Crippen molar-refractivity contribution < 1.29 is 4.79 Å². The molecule has 1 atom stereocenters. The van der Waals surface area contributed by atoms with Gasteiger partial charge < -0.3 is 9.47 Å². The van der Waals surface area contributed by atoms with E-state index >= 15 is 0 Å². The van der Waals surface area contributed by atoms with E-state index in [0.717, 1.165) is 42.0 Å². The maximum Gasteiger partial charge on any atom is 0.241 e. The maximum atomic E-state index is 13.4. The first kappa shape index (κ1) is 30.4. The van der Waals surface area contributed by atoms with Crippen molar-refractivity contribution in [1.82, 2.24) is 14.5 Å². The second-order valence-corrected chi connectivity index (χ2v) is 9.62. The third-order valence-corrected chi connectivity index (χ3v) is 7.23. The summed E-state index contributed by atoms with van der Waals surface area (Å²) in [5.74, 6) is 1.11. The van der Waals surface area contributed by atoms with E-state index < -0.39 is 0 Å². The van der Waals surface area contributed by atoms with E-state index in [9.17, 15) is 4.79 Å². The number of benzene rings is 2. The van der Waals surface area contributed by atoms with Crippen LogP contribution in [0.15, 0.2) is 48.7 Å². The molecule has 2 heterocycles. The molecule has 6 nitrogen and oxygen atoms in total. The summed E-state index contributed by atoms with van der Waals surface area (Å²) in [7, 11) is 0. The van der Waals surface area contributed by atoms with Gasteiger partial charge in [-0.1, -0.05) is 44.0 Å². The minimum Gasteiger partial charge on any atom is -0.327 e. The normalized spacial score (nSPS) is 15.6. The maximum absolute atomic E-state index is 13.4. The summed E-state index contributed by atoms with van der Waals surface area (Å²) in [5.41, 5.74) is 6.34. The van der Waals surface area contributed by atoms with E-state index in [2.05, 4.69) is 53.4 Å². The van der Waals surface area contributed by atoms with Crippen LogP contribution in [0.3, 0.4) is 0 Å². The number of halogens is 2. The summed E-state index contributed by atoms with van der Waals surface area (Å²) in [6.45, 7) is 11.0. The van der Waals surface area contributed by atoms with Crippen LogP contribution in [-0.2, 0) is 17.9 Å². The molecule has 8 heteroatoms. The number of hydrogen-bond donors (Lipinski definition) is 0. The molecular weight excluding hydrogens is 505 g/mol. The number of piperazine rings is 1. The van der Waals surface area contributed by atoms with E-state index in [1.807, 2.05) is 48.4 Å². The molecule has 0 spiro atoms. The van der Waals surface area contributed by atoms with Crippen molar-refractivity contribution in [3.63, 3.8) is 0 Å². The Balaban J connectivity index is 0.00000241. The molecule has 0 saturated carbocycles. The van der Waals surface area contributed by atoms with Crippen molar-refractivity contribution in [2.24, 2.45) is 0 Å². The van der Waals surface area contributed by atoms with Gasteiger partial charge in [-0.25, -0.2) is 4.98 Å². The van der Waals surface area contributed by atoms with Crippen molar-refractivity contribution in [2.45, 2.75) is 66.1 Å². The molecule has 37 heavy (non-hydrogen) atoms. The van der Waals surface area contributed by atoms with E-state index in [1.54, 1.807) is 0 Å². The Morgan fingerprint density at radius 3 is 2.46 bits per heavy atom. The lowest BCUT2D eigenvalue weighted by atomic mass is 10.0. The van der Waals surface area contributed by atoms with E-state index in [1.165, 1.54) is 11.1 Å². The predicted molar refractivity (Wildman–Crippen MR) is 154 cm³/mol. The van der Waals surface area contributed by atoms with Gasteiger partial charge in [0.25, 0.3) is 0 Å². The molecule has 1 saturated heterocycles. The highest BCUT2D eigenvalue weighted by atomic mass is 35.5. The van der Waals surface area contributed by atoms with Gasteiger partial charge in [-0.15, -0.1) is 24.8 Å². The van der Waals surface area contributed by atoms with Crippen LogP contribution in [0.1, 0.15) is 60.0 Å². The van der Waals surface area contributed by atoms with Crippen LogP contribution in [0.4, 0.5) is 5.69 Å². The molecule has 2 aromatic carbocycles. The quantitative estimate of drug-likeness (QED) is 0.351. The summed E-state index contributed by atoms with van der Waals surface area (Å²) in [6, 6.07) is 16.4. The minimum absolute atomic E-state index is 0. The molecule has 1 unspecified atom stereocenters.